The maximum atomic E-state index is 12.3. The second-order valence-electron chi connectivity index (χ2n) is 5.98. The summed E-state index contributed by atoms with van der Waals surface area (Å²) in [6.07, 6.45) is 6.72. The van der Waals surface area contributed by atoms with Crippen molar-refractivity contribution in [3.8, 4) is 0 Å². The Bertz CT molecular complexity index is 445. The largest absolute Gasteiger partial charge is 0.481 e. The minimum atomic E-state index is -3.50. The third kappa shape index (κ3) is 3.71. The summed E-state index contributed by atoms with van der Waals surface area (Å²) < 4.78 is 28.8. The van der Waals surface area contributed by atoms with Crippen LogP contribution in [0.2, 0.25) is 0 Å². The first-order chi connectivity index (χ1) is 9.40. The standard InChI is InChI=1S/C13H24N2O4S/c1-15(12-5-3-2-4-6-12)20(18,19)14-11-8-7-10(9-11)13(16)17/h10-12,14H,2-9H2,1H3,(H,16,17)/t10-,11+/m1/s1. The first-order valence-electron chi connectivity index (χ1n) is 7.38. The van der Waals surface area contributed by atoms with Crippen LogP contribution in [0.4, 0.5) is 0 Å². The van der Waals surface area contributed by atoms with Gasteiger partial charge in [-0.25, -0.2) is 0 Å². The van der Waals surface area contributed by atoms with Crippen LogP contribution in [-0.2, 0) is 15.0 Å². The van der Waals surface area contributed by atoms with Gasteiger partial charge in [-0.1, -0.05) is 19.3 Å². The van der Waals surface area contributed by atoms with Gasteiger partial charge in [0.05, 0.1) is 5.92 Å². The lowest BCUT2D eigenvalue weighted by molar-refractivity contribution is -0.141. The van der Waals surface area contributed by atoms with Gasteiger partial charge in [-0.3, -0.25) is 4.79 Å². The number of carboxylic acids is 1. The number of hydrogen-bond donors (Lipinski definition) is 2. The van der Waals surface area contributed by atoms with Crippen molar-refractivity contribution >= 4 is 16.2 Å². The van der Waals surface area contributed by atoms with E-state index >= 15 is 0 Å². The molecule has 2 aliphatic carbocycles. The molecule has 0 heterocycles. The summed E-state index contributed by atoms with van der Waals surface area (Å²) in [5.74, 6) is -1.24. The number of aliphatic carboxylic acids is 1. The summed E-state index contributed by atoms with van der Waals surface area (Å²) in [6.45, 7) is 0. The van der Waals surface area contributed by atoms with Crippen LogP contribution in [0.3, 0.4) is 0 Å². The smallest absolute Gasteiger partial charge is 0.306 e. The molecule has 2 aliphatic rings. The molecule has 0 radical (unpaired) electrons. The second kappa shape index (κ2) is 6.41. The lowest BCUT2D eigenvalue weighted by atomic mass is 9.96. The third-order valence-corrected chi connectivity index (χ3v) is 6.25. The maximum absolute atomic E-state index is 12.3. The molecule has 0 spiro atoms. The van der Waals surface area contributed by atoms with Crippen molar-refractivity contribution in [3.05, 3.63) is 0 Å². The van der Waals surface area contributed by atoms with Crippen LogP contribution in [0.15, 0.2) is 0 Å². The van der Waals surface area contributed by atoms with Gasteiger partial charge >= 0.3 is 5.97 Å². The fourth-order valence-corrected chi connectivity index (χ4v) is 4.65. The van der Waals surface area contributed by atoms with Crippen LogP contribution in [0.5, 0.6) is 0 Å². The van der Waals surface area contributed by atoms with Gasteiger partial charge < -0.3 is 5.11 Å². The molecule has 0 unspecified atom stereocenters. The molecule has 2 saturated carbocycles. The van der Waals surface area contributed by atoms with E-state index in [4.69, 9.17) is 5.11 Å². The highest BCUT2D eigenvalue weighted by molar-refractivity contribution is 7.87. The number of carboxylic acid groups (broad SMARTS) is 1. The Kier molecular flexibility index (Phi) is 5.04. The van der Waals surface area contributed by atoms with E-state index in [0.717, 1.165) is 25.7 Å². The fourth-order valence-electron chi connectivity index (χ4n) is 3.25. The zero-order valence-corrected chi connectivity index (χ0v) is 12.7. The van der Waals surface area contributed by atoms with Crippen LogP contribution in [0, 0.1) is 5.92 Å². The molecule has 0 bridgehead atoms. The van der Waals surface area contributed by atoms with Crippen LogP contribution in [0.1, 0.15) is 51.4 Å². The Morgan fingerprint density at radius 1 is 1.15 bits per heavy atom. The van der Waals surface area contributed by atoms with Gasteiger partial charge in [0.25, 0.3) is 10.2 Å². The Morgan fingerprint density at radius 3 is 2.35 bits per heavy atom. The highest BCUT2D eigenvalue weighted by atomic mass is 32.2. The second-order valence-corrected chi connectivity index (χ2v) is 7.74. The molecule has 2 N–H and O–H groups in total. The molecular formula is C13H24N2O4S. The molecule has 2 atom stereocenters. The molecule has 0 amide bonds. The van der Waals surface area contributed by atoms with Crippen LogP contribution in [0.25, 0.3) is 0 Å². The molecule has 7 heteroatoms. The van der Waals surface area contributed by atoms with Crippen molar-refractivity contribution in [3.63, 3.8) is 0 Å². The number of nitrogens with zero attached hydrogens (tertiary/aromatic N) is 1. The Hall–Kier alpha value is -0.660. The van der Waals surface area contributed by atoms with Gasteiger partial charge in [-0.15, -0.1) is 0 Å². The molecule has 2 rings (SSSR count). The fraction of sp³-hybridized carbons (Fsp3) is 0.923. The summed E-state index contributed by atoms with van der Waals surface area (Å²) >= 11 is 0. The summed E-state index contributed by atoms with van der Waals surface area (Å²) in [7, 11) is -1.88. The predicted molar refractivity (Wildman–Crippen MR) is 75.5 cm³/mol. The first kappa shape index (κ1) is 15.7. The maximum Gasteiger partial charge on any atom is 0.306 e. The average molecular weight is 304 g/mol. The Labute approximate surface area is 120 Å². The topological polar surface area (TPSA) is 86.7 Å². The van der Waals surface area contributed by atoms with Crippen molar-refractivity contribution in [2.45, 2.75) is 63.5 Å². The predicted octanol–water partition coefficient (Wildman–Crippen LogP) is 1.34. The van der Waals surface area contributed by atoms with Crippen LogP contribution >= 0.6 is 0 Å². The van der Waals surface area contributed by atoms with E-state index in [9.17, 15) is 13.2 Å². The molecule has 0 aliphatic heterocycles. The van der Waals surface area contributed by atoms with Gasteiger partial charge in [-0.2, -0.15) is 17.4 Å². The monoisotopic (exact) mass is 304 g/mol. The molecule has 6 nitrogen and oxygen atoms in total. The molecule has 20 heavy (non-hydrogen) atoms. The zero-order chi connectivity index (χ0) is 14.8. The molecular weight excluding hydrogens is 280 g/mol. The summed E-state index contributed by atoms with van der Waals surface area (Å²) in [5, 5.41) is 8.95. The summed E-state index contributed by atoms with van der Waals surface area (Å²) in [4.78, 5) is 10.9. The first-order valence-corrected chi connectivity index (χ1v) is 8.82. The molecule has 0 aromatic carbocycles. The van der Waals surface area contributed by atoms with E-state index in [-0.39, 0.29) is 12.1 Å². The van der Waals surface area contributed by atoms with Crippen molar-refractivity contribution < 1.29 is 18.3 Å². The van der Waals surface area contributed by atoms with E-state index in [0.29, 0.717) is 19.3 Å². The summed E-state index contributed by atoms with van der Waals surface area (Å²) in [6, 6.07) is -0.162. The number of nitrogens with one attached hydrogen (secondary N) is 1. The average Bonchev–Trinajstić information content (AvgIpc) is 2.87. The molecule has 0 aromatic heterocycles. The number of rotatable bonds is 5. The van der Waals surface area contributed by atoms with Crippen molar-refractivity contribution in [1.29, 1.82) is 0 Å². The van der Waals surface area contributed by atoms with E-state index in [2.05, 4.69) is 4.72 Å². The van der Waals surface area contributed by atoms with E-state index in [1.54, 1.807) is 7.05 Å². The van der Waals surface area contributed by atoms with Gasteiger partial charge in [0.2, 0.25) is 0 Å². The van der Waals surface area contributed by atoms with Gasteiger partial charge in [0, 0.05) is 19.1 Å². The summed E-state index contributed by atoms with van der Waals surface area (Å²) in [5.41, 5.74) is 0. The highest BCUT2D eigenvalue weighted by Crippen LogP contribution is 2.28. The van der Waals surface area contributed by atoms with Crippen molar-refractivity contribution in [2.75, 3.05) is 7.05 Å². The lowest BCUT2D eigenvalue weighted by Crippen LogP contribution is -2.47. The quantitative estimate of drug-likeness (QED) is 0.802. The zero-order valence-electron chi connectivity index (χ0n) is 11.9. The minimum Gasteiger partial charge on any atom is -0.481 e. The minimum absolute atomic E-state index is 0.0814. The normalized spacial score (nSPS) is 28.9. The number of carbonyl (C=O) groups is 1. The third-order valence-electron chi connectivity index (χ3n) is 4.57. The van der Waals surface area contributed by atoms with E-state index in [1.807, 2.05) is 0 Å². The van der Waals surface area contributed by atoms with Crippen LogP contribution < -0.4 is 4.72 Å². The van der Waals surface area contributed by atoms with Crippen molar-refractivity contribution in [1.82, 2.24) is 9.03 Å². The van der Waals surface area contributed by atoms with Gasteiger partial charge in [0.15, 0.2) is 0 Å². The molecule has 2 fully saturated rings. The lowest BCUT2D eigenvalue weighted by Gasteiger charge is -2.31. The number of hydrogen-bond acceptors (Lipinski definition) is 3. The van der Waals surface area contributed by atoms with Crippen molar-refractivity contribution in [2.24, 2.45) is 5.92 Å². The van der Waals surface area contributed by atoms with Crippen LogP contribution in [-0.4, -0.2) is 42.9 Å². The van der Waals surface area contributed by atoms with E-state index in [1.165, 1.54) is 10.7 Å². The highest BCUT2D eigenvalue weighted by Gasteiger charge is 2.34. The molecule has 0 aromatic rings. The van der Waals surface area contributed by atoms with Gasteiger partial charge in [0.1, 0.15) is 0 Å². The molecule has 116 valence electrons. The Morgan fingerprint density at radius 2 is 1.80 bits per heavy atom. The van der Waals surface area contributed by atoms with E-state index < -0.39 is 22.1 Å². The Balaban J connectivity index is 1.92. The van der Waals surface area contributed by atoms with Gasteiger partial charge in [-0.05, 0) is 32.1 Å². The SMILES string of the molecule is CN(C1CCCCC1)S(=O)(=O)N[C@H]1CC[C@@H](C(=O)O)C1. The molecule has 0 saturated heterocycles.